The normalized spacial score (nSPS) is 45.9. The smallest absolute Gasteiger partial charge is 0.00731 e. The molecule has 2 atom stereocenters. The van der Waals surface area contributed by atoms with E-state index in [1.165, 1.54) is 25.7 Å². The fourth-order valence-corrected chi connectivity index (χ4v) is 2.62. The van der Waals surface area contributed by atoms with Crippen molar-refractivity contribution in [2.45, 2.75) is 37.8 Å². The molecule has 2 saturated heterocycles. The Morgan fingerprint density at radius 3 is 2.30 bits per heavy atom. The molecule has 2 aliphatic heterocycles. The second kappa shape index (κ2) is 2.74. The summed E-state index contributed by atoms with van der Waals surface area (Å²) in [6.07, 6.45) is 5.57. The number of thiol groups is 1. The third-order valence-electron chi connectivity index (χ3n) is 2.83. The van der Waals surface area contributed by atoms with E-state index in [2.05, 4.69) is 17.9 Å². The highest BCUT2D eigenvalue weighted by molar-refractivity contribution is 7.80. The number of rotatable bonds is 1. The van der Waals surface area contributed by atoms with Crippen LogP contribution in [-0.2, 0) is 0 Å². The van der Waals surface area contributed by atoms with Gasteiger partial charge in [0, 0.05) is 12.1 Å². The van der Waals surface area contributed by atoms with E-state index < -0.39 is 0 Å². The van der Waals surface area contributed by atoms with Gasteiger partial charge in [0.1, 0.15) is 0 Å². The first-order valence-corrected chi connectivity index (χ1v) is 4.88. The molecule has 2 fully saturated rings. The molecule has 2 aliphatic rings. The topological polar surface area (TPSA) is 12.0 Å². The maximum Gasteiger partial charge on any atom is 0.00731 e. The van der Waals surface area contributed by atoms with Crippen molar-refractivity contribution >= 4 is 12.6 Å². The van der Waals surface area contributed by atoms with Crippen LogP contribution < -0.4 is 5.32 Å². The van der Waals surface area contributed by atoms with Crippen molar-refractivity contribution in [2.75, 3.05) is 5.75 Å². The zero-order valence-electron chi connectivity index (χ0n) is 6.21. The van der Waals surface area contributed by atoms with E-state index in [4.69, 9.17) is 0 Å². The molecule has 2 unspecified atom stereocenters. The third-order valence-corrected chi connectivity index (χ3v) is 3.35. The Bertz CT molecular complexity index is 114. The van der Waals surface area contributed by atoms with E-state index in [9.17, 15) is 0 Å². The number of piperidine rings is 1. The van der Waals surface area contributed by atoms with Gasteiger partial charge in [0.05, 0.1) is 0 Å². The first-order valence-electron chi connectivity index (χ1n) is 4.25. The molecule has 1 nitrogen and oxygen atoms in total. The zero-order valence-corrected chi connectivity index (χ0v) is 7.11. The van der Waals surface area contributed by atoms with Crippen LogP contribution in [0.5, 0.6) is 0 Å². The summed E-state index contributed by atoms with van der Waals surface area (Å²) >= 11 is 4.34. The van der Waals surface area contributed by atoms with Crippen LogP contribution in [0.2, 0.25) is 0 Å². The van der Waals surface area contributed by atoms with Gasteiger partial charge >= 0.3 is 0 Å². The first-order chi connectivity index (χ1) is 4.88. The van der Waals surface area contributed by atoms with Crippen molar-refractivity contribution in [3.8, 4) is 0 Å². The summed E-state index contributed by atoms with van der Waals surface area (Å²) in [5.41, 5.74) is 0. The Hall–Kier alpha value is 0.310. The molecular weight excluding hydrogens is 142 g/mol. The third kappa shape index (κ3) is 1.19. The molecule has 10 heavy (non-hydrogen) atoms. The first kappa shape index (κ1) is 6.99. The summed E-state index contributed by atoms with van der Waals surface area (Å²) in [7, 11) is 0. The van der Waals surface area contributed by atoms with Crippen molar-refractivity contribution in [3.05, 3.63) is 0 Å². The molecule has 2 heteroatoms. The molecule has 0 spiro atoms. The second-order valence-corrected chi connectivity index (χ2v) is 4.02. The quantitative estimate of drug-likeness (QED) is 0.549. The van der Waals surface area contributed by atoms with Crippen LogP contribution in [0.1, 0.15) is 25.7 Å². The highest BCUT2D eigenvalue weighted by atomic mass is 32.1. The molecule has 0 saturated carbocycles. The van der Waals surface area contributed by atoms with E-state index in [1.807, 2.05) is 0 Å². The highest BCUT2D eigenvalue weighted by Crippen LogP contribution is 2.31. The average molecular weight is 157 g/mol. The van der Waals surface area contributed by atoms with Crippen LogP contribution in [0, 0.1) is 5.92 Å². The molecule has 2 heterocycles. The van der Waals surface area contributed by atoms with Crippen molar-refractivity contribution in [3.63, 3.8) is 0 Å². The van der Waals surface area contributed by atoms with Gasteiger partial charge in [0.25, 0.3) is 0 Å². The molecule has 0 aliphatic carbocycles. The Balaban J connectivity index is 1.96. The Labute approximate surface area is 68.0 Å². The van der Waals surface area contributed by atoms with Gasteiger partial charge in [-0.05, 0) is 37.4 Å². The minimum atomic E-state index is 0.843. The SMILES string of the molecule is SCC1CC2CCC(C1)N2. The van der Waals surface area contributed by atoms with Crippen LogP contribution >= 0.6 is 12.6 Å². The van der Waals surface area contributed by atoms with Crippen molar-refractivity contribution in [1.29, 1.82) is 0 Å². The monoisotopic (exact) mass is 157 g/mol. The Morgan fingerprint density at radius 1 is 1.20 bits per heavy atom. The fraction of sp³-hybridized carbons (Fsp3) is 1.00. The maximum atomic E-state index is 4.34. The van der Waals surface area contributed by atoms with Crippen molar-refractivity contribution < 1.29 is 0 Å². The molecule has 1 N–H and O–H groups in total. The summed E-state index contributed by atoms with van der Waals surface area (Å²) in [5, 5.41) is 3.62. The number of fused-ring (bicyclic) bond motifs is 2. The van der Waals surface area contributed by atoms with Gasteiger partial charge < -0.3 is 5.32 Å². The van der Waals surface area contributed by atoms with Crippen LogP contribution in [0.15, 0.2) is 0 Å². The molecule has 0 aromatic heterocycles. The average Bonchev–Trinajstić information content (AvgIpc) is 2.30. The van der Waals surface area contributed by atoms with Gasteiger partial charge in [-0.2, -0.15) is 12.6 Å². The fourth-order valence-electron chi connectivity index (χ4n) is 2.32. The predicted molar refractivity (Wildman–Crippen MR) is 46.5 cm³/mol. The van der Waals surface area contributed by atoms with E-state index in [0.717, 1.165) is 23.8 Å². The summed E-state index contributed by atoms with van der Waals surface area (Å²) in [6.45, 7) is 0. The van der Waals surface area contributed by atoms with Gasteiger partial charge in [0.2, 0.25) is 0 Å². The molecule has 0 amide bonds. The van der Waals surface area contributed by atoms with Crippen molar-refractivity contribution in [1.82, 2.24) is 5.32 Å². The van der Waals surface area contributed by atoms with Crippen LogP contribution in [0.4, 0.5) is 0 Å². The minimum absolute atomic E-state index is 0.843. The molecular formula is C8H15NS. The molecule has 58 valence electrons. The number of hydrogen-bond acceptors (Lipinski definition) is 2. The predicted octanol–water partition coefficient (Wildman–Crippen LogP) is 1.45. The van der Waals surface area contributed by atoms with Crippen LogP contribution in [-0.4, -0.2) is 17.8 Å². The van der Waals surface area contributed by atoms with E-state index in [1.54, 1.807) is 0 Å². The van der Waals surface area contributed by atoms with Crippen molar-refractivity contribution in [2.24, 2.45) is 5.92 Å². The maximum absolute atomic E-state index is 4.34. The number of nitrogens with one attached hydrogen (secondary N) is 1. The molecule has 0 aromatic rings. The van der Waals surface area contributed by atoms with Gasteiger partial charge in [-0.1, -0.05) is 0 Å². The summed E-state index contributed by atoms with van der Waals surface area (Å²) < 4.78 is 0. The van der Waals surface area contributed by atoms with Crippen LogP contribution in [0.25, 0.3) is 0 Å². The van der Waals surface area contributed by atoms with Gasteiger partial charge in [0.15, 0.2) is 0 Å². The Morgan fingerprint density at radius 2 is 1.80 bits per heavy atom. The standard InChI is InChI=1S/C8H15NS/c10-5-6-3-7-1-2-8(4-6)9-7/h6-10H,1-5H2. The summed E-state index contributed by atoms with van der Waals surface area (Å²) in [4.78, 5) is 0. The van der Waals surface area contributed by atoms with Gasteiger partial charge in [-0.25, -0.2) is 0 Å². The summed E-state index contributed by atoms with van der Waals surface area (Å²) in [5.74, 6) is 2.00. The van der Waals surface area contributed by atoms with Crippen LogP contribution in [0.3, 0.4) is 0 Å². The highest BCUT2D eigenvalue weighted by Gasteiger charge is 2.32. The zero-order chi connectivity index (χ0) is 6.97. The second-order valence-electron chi connectivity index (χ2n) is 3.66. The van der Waals surface area contributed by atoms with E-state index in [0.29, 0.717) is 0 Å². The largest absolute Gasteiger partial charge is 0.311 e. The van der Waals surface area contributed by atoms with E-state index >= 15 is 0 Å². The lowest BCUT2D eigenvalue weighted by Crippen LogP contribution is -2.38. The lowest BCUT2D eigenvalue weighted by Gasteiger charge is -2.27. The van der Waals surface area contributed by atoms with Gasteiger partial charge in [-0.15, -0.1) is 0 Å². The van der Waals surface area contributed by atoms with Gasteiger partial charge in [-0.3, -0.25) is 0 Å². The van der Waals surface area contributed by atoms with E-state index in [-0.39, 0.29) is 0 Å². The lowest BCUT2D eigenvalue weighted by molar-refractivity contribution is 0.324. The molecule has 2 rings (SSSR count). The lowest BCUT2D eigenvalue weighted by atomic mass is 9.94. The molecule has 0 aromatic carbocycles. The summed E-state index contributed by atoms with van der Waals surface area (Å²) in [6, 6.07) is 1.69. The number of hydrogen-bond donors (Lipinski definition) is 2. The Kier molecular flexibility index (Phi) is 1.92. The molecule has 2 bridgehead atoms. The molecule has 0 radical (unpaired) electrons. The minimum Gasteiger partial charge on any atom is -0.311 e.